The Morgan fingerprint density at radius 1 is 1.22 bits per heavy atom. The smallest absolute Gasteiger partial charge is 0.408 e. The molecule has 1 aromatic carbocycles. The zero-order chi connectivity index (χ0) is 26.7. The molecular weight excluding hydrogens is 464 g/mol. The summed E-state index contributed by atoms with van der Waals surface area (Å²) in [7, 11) is 0. The van der Waals surface area contributed by atoms with E-state index < -0.39 is 41.6 Å². The largest absolute Gasteiger partial charge is 0.444 e. The quantitative estimate of drug-likeness (QED) is 0.149. The number of guanidine groups is 1. The fourth-order valence-corrected chi connectivity index (χ4v) is 4.09. The summed E-state index contributed by atoms with van der Waals surface area (Å²) in [6.07, 6.45) is 2.52. The minimum absolute atomic E-state index is 0.0142. The van der Waals surface area contributed by atoms with E-state index >= 15 is 0 Å². The van der Waals surface area contributed by atoms with Crippen LogP contribution in [0.1, 0.15) is 52.0 Å². The van der Waals surface area contributed by atoms with Gasteiger partial charge in [-0.3, -0.25) is 24.8 Å². The lowest BCUT2D eigenvalue weighted by Gasteiger charge is -2.29. The second-order valence-corrected chi connectivity index (χ2v) is 9.79. The van der Waals surface area contributed by atoms with E-state index in [4.69, 9.17) is 16.2 Å². The predicted octanol–water partition coefficient (Wildman–Crippen LogP) is 0.851. The summed E-state index contributed by atoms with van der Waals surface area (Å²) in [5.74, 6) is -1.16. The van der Waals surface area contributed by atoms with Crippen molar-refractivity contribution in [1.29, 1.82) is 0 Å². The van der Waals surface area contributed by atoms with Gasteiger partial charge in [-0.15, -0.1) is 0 Å². The summed E-state index contributed by atoms with van der Waals surface area (Å²) < 4.78 is 5.30. The first-order valence-corrected chi connectivity index (χ1v) is 12.1. The first-order valence-electron chi connectivity index (χ1n) is 12.1. The highest BCUT2D eigenvalue weighted by Crippen LogP contribution is 2.22. The Morgan fingerprint density at radius 2 is 1.92 bits per heavy atom. The van der Waals surface area contributed by atoms with Gasteiger partial charge in [-0.1, -0.05) is 30.3 Å². The maximum Gasteiger partial charge on any atom is 0.408 e. The summed E-state index contributed by atoms with van der Waals surface area (Å²) in [4.78, 5) is 56.1. The van der Waals surface area contributed by atoms with Gasteiger partial charge in [-0.05, 0) is 58.6 Å². The minimum Gasteiger partial charge on any atom is -0.444 e. The van der Waals surface area contributed by atoms with Crippen molar-refractivity contribution < 1.29 is 23.9 Å². The van der Waals surface area contributed by atoms with Crippen LogP contribution in [0.15, 0.2) is 35.3 Å². The van der Waals surface area contributed by atoms with E-state index in [2.05, 4.69) is 15.6 Å². The Bertz CT molecular complexity index is 927. The van der Waals surface area contributed by atoms with E-state index in [1.54, 1.807) is 25.7 Å². The molecule has 0 aliphatic carbocycles. The van der Waals surface area contributed by atoms with E-state index in [0.29, 0.717) is 38.8 Å². The Kier molecular flexibility index (Phi) is 10.8. The number of likely N-dealkylation sites (tertiary alicyclic amines) is 1. The summed E-state index contributed by atoms with van der Waals surface area (Å²) in [6, 6.07) is 7.00. The van der Waals surface area contributed by atoms with Crippen molar-refractivity contribution in [3.05, 3.63) is 35.9 Å². The number of carbonyl (C=O) groups is 4. The zero-order valence-electron chi connectivity index (χ0n) is 21.2. The van der Waals surface area contributed by atoms with Crippen LogP contribution in [0.3, 0.4) is 0 Å². The zero-order valence-corrected chi connectivity index (χ0v) is 21.2. The highest BCUT2D eigenvalue weighted by molar-refractivity contribution is 6.01. The number of nitrogens with zero attached hydrogens (tertiary/aromatic N) is 2. The van der Waals surface area contributed by atoms with E-state index in [1.165, 1.54) is 0 Å². The number of hydrogen-bond donors (Lipinski definition) is 4. The van der Waals surface area contributed by atoms with E-state index in [1.807, 2.05) is 30.3 Å². The first kappa shape index (κ1) is 28.8. The highest BCUT2D eigenvalue weighted by Gasteiger charge is 2.37. The fraction of sp³-hybridized carbons (Fsp3) is 0.560. The number of nitrogens with one attached hydrogen (secondary N) is 2. The number of alkyl carbamates (subject to hydrolysis) is 1. The van der Waals surface area contributed by atoms with Crippen molar-refractivity contribution in [1.82, 2.24) is 15.5 Å². The molecular formula is C25H38N6O5. The molecule has 36 heavy (non-hydrogen) atoms. The third kappa shape index (κ3) is 9.65. The van der Waals surface area contributed by atoms with Crippen LogP contribution in [0.2, 0.25) is 0 Å². The van der Waals surface area contributed by atoms with Crippen molar-refractivity contribution in [2.24, 2.45) is 16.5 Å². The van der Waals surface area contributed by atoms with Gasteiger partial charge >= 0.3 is 6.09 Å². The van der Waals surface area contributed by atoms with Gasteiger partial charge in [0, 0.05) is 13.0 Å². The summed E-state index contributed by atoms with van der Waals surface area (Å²) >= 11 is 0. The van der Waals surface area contributed by atoms with Crippen LogP contribution in [0.25, 0.3) is 0 Å². The second kappa shape index (κ2) is 13.6. The van der Waals surface area contributed by atoms with Gasteiger partial charge in [-0.2, -0.15) is 0 Å². The van der Waals surface area contributed by atoms with Crippen molar-refractivity contribution in [2.45, 2.75) is 76.6 Å². The van der Waals surface area contributed by atoms with Gasteiger partial charge < -0.3 is 26.3 Å². The molecule has 1 aromatic rings. The Balaban J connectivity index is 2.07. The third-order valence-electron chi connectivity index (χ3n) is 5.67. The molecule has 0 aromatic heterocycles. The summed E-state index contributed by atoms with van der Waals surface area (Å²) in [5.41, 5.74) is 10.7. The van der Waals surface area contributed by atoms with Crippen LogP contribution in [-0.2, 0) is 25.5 Å². The Hall–Kier alpha value is -3.47. The van der Waals surface area contributed by atoms with E-state index in [0.717, 1.165) is 11.8 Å². The Labute approximate surface area is 212 Å². The molecule has 11 nitrogen and oxygen atoms in total. The SMILES string of the molecule is CC(C)(C)OC(=O)N[C@H](Cc1ccccc1)C(=O)NC(=O)[C@@H]1CCCN1[C@H](C=O)CCCN=C(N)N. The summed E-state index contributed by atoms with van der Waals surface area (Å²) in [5, 5.41) is 5.02. The number of aliphatic imine (C=N–C) groups is 1. The average Bonchev–Trinajstić information content (AvgIpc) is 3.28. The molecule has 2 rings (SSSR count). The molecule has 1 saturated heterocycles. The number of hydrogen-bond acceptors (Lipinski definition) is 7. The van der Waals surface area contributed by atoms with Crippen LogP contribution in [0, 0.1) is 0 Å². The van der Waals surface area contributed by atoms with E-state index in [-0.39, 0.29) is 12.4 Å². The average molecular weight is 503 g/mol. The lowest BCUT2D eigenvalue weighted by Crippen LogP contribution is -2.55. The molecule has 1 heterocycles. The molecule has 6 N–H and O–H groups in total. The van der Waals surface area contributed by atoms with Crippen LogP contribution in [-0.4, -0.2) is 71.9 Å². The lowest BCUT2D eigenvalue weighted by atomic mass is 10.0. The van der Waals surface area contributed by atoms with Gasteiger partial charge in [0.05, 0.1) is 12.1 Å². The van der Waals surface area contributed by atoms with Gasteiger partial charge in [0.1, 0.15) is 17.9 Å². The topological polar surface area (TPSA) is 169 Å². The third-order valence-corrected chi connectivity index (χ3v) is 5.67. The van der Waals surface area contributed by atoms with Crippen molar-refractivity contribution in [3.8, 4) is 0 Å². The molecule has 0 radical (unpaired) electrons. The van der Waals surface area contributed by atoms with Gasteiger partial charge in [0.25, 0.3) is 0 Å². The van der Waals surface area contributed by atoms with E-state index in [9.17, 15) is 19.2 Å². The molecule has 3 atom stereocenters. The Morgan fingerprint density at radius 3 is 2.53 bits per heavy atom. The van der Waals surface area contributed by atoms with Crippen molar-refractivity contribution in [3.63, 3.8) is 0 Å². The number of aldehydes is 1. The van der Waals surface area contributed by atoms with Gasteiger partial charge in [0.15, 0.2) is 5.96 Å². The number of imide groups is 1. The van der Waals surface area contributed by atoms with Gasteiger partial charge in [-0.25, -0.2) is 4.79 Å². The van der Waals surface area contributed by atoms with Crippen LogP contribution in [0.5, 0.6) is 0 Å². The molecule has 1 aliphatic heterocycles. The summed E-state index contributed by atoms with van der Waals surface area (Å²) in [6.45, 7) is 6.10. The number of carbonyl (C=O) groups excluding carboxylic acids is 4. The molecule has 0 spiro atoms. The molecule has 198 valence electrons. The first-order chi connectivity index (χ1) is 17.0. The van der Waals surface area contributed by atoms with Crippen molar-refractivity contribution >= 4 is 30.2 Å². The van der Waals surface area contributed by atoms with Gasteiger partial charge in [0.2, 0.25) is 11.8 Å². The van der Waals surface area contributed by atoms with Crippen molar-refractivity contribution in [2.75, 3.05) is 13.1 Å². The predicted molar refractivity (Wildman–Crippen MR) is 136 cm³/mol. The monoisotopic (exact) mass is 502 g/mol. The standard InChI is InChI=1S/C25H38N6O5/c1-25(2,3)36-24(35)29-19(15-17-9-5-4-6-10-17)21(33)30-22(34)20-12-8-14-31(20)18(16-32)11-7-13-28-23(26)27/h4-6,9-10,16,18-20H,7-8,11-15H2,1-3H3,(H,29,35)(H4,26,27,28)(H,30,33,34)/t18-,19+,20-/m0/s1. The maximum atomic E-state index is 13.1. The molecule has 0 saturated carbocycles. The molecule has 3 amide bonds. The lowest BCUT2D eigenvalue weighted by molar-refractivity contribution is -0.134. The molecule has 0 unspecified atom stereocenters. The fourth-order valence-electron chi connectivity index (χ4n) is 4.09. The second-order valence-electron chi connectivity index (χ2n) is 9.79. The van der Waals surface area contributed by atoms with Crippen LogP contribution >= 0.6 is 0 Å². The normalized spacial score (nSPS) is 17.5. The molecule has 0 bridgehead atoms. The number of ether oxygens (including phenoxy) is 1. The highest BCUT2D eigenvalue weighted by atomic mass is 16.6. The maximum absolute atomic E-state index is 13.1. The van der Waals surface area contributed by atoms with Crippen LogP contribution in [0.4, 0.5) is 4.79 Å². The number of nitrogens with two attached hydrogens (primary N) is 2. The molecule has 1 fully saturated rings. The molecule has 11 heteroatoms. The van der Waals surface area contributed by atoms with Crippen LogP contribution < -0.4 is 22.1 Å². The number of amides is 3. The molecule has 1 aliphatic rings. The number of benzene rings is 1. The number of rotatable bonds is 11. The minimum atomic E-state index is -1.03.